The molecule has 0 spiro atoms. The SMILES string of the molecule is CC(C)(C)OC(=O)NCCCCCN1C(=O)C2C3(C)C(c4ccccc4)=C(c4ccccc4)C(C)(C3O)C2(Br)C1=O. The summed E-state index contributed by atoms with van der Waals surface area (Å²) < 4.78 is 3.99. The second-order valence-electron chi connectivity index (χ2n) is 12.8. The largest absolute Gasteiger partial charge is 0.444 e. The normalized spacial score (nSPS) is 30.7. The number of rotatable bonds is 8. The van der Waals surface area contributed by atoms with Gasteiger partial charge in [-0.1, -0.05) is 90.4 Å². The summed E-state index contributed by atoms with van der Waals surface area (Å²) >= 11 is 3.85. The van der Waals surface area contributed by atoms with Crippen molar-refractivity contribution in [2.75, 3.05) is 13.1 Å². The van der Waals surface area contributed by atoms with E-state index in [2.05, 4.69) is 21.2 Å². The molecular weight excluding hydrogens is 584 g/mol. The first-order valence-electron chi connectivity index (χ1n) is 14.3. The van der Waals surface area contributed by atoms with Crippen LogP contribution in [-0.4, -0.2) is 57.0 Å². The van der Waals surface area contributed by atoms with E-state index < -0.39 is 38.9 Å². The first-order valence-corrected chi connectivity index (χ1v) is 15.1. The van der Waals surface area contributed by atoms with Crippen LogP contribution in [-0.2, 0) is 14.3 Å². The van der Waals surface area contributed by atoms with Crippen molar-refractivity contribution in [1.82, 2.24) is 10.2 Å². The molecule has 41 heavy (non-hydrogen) atoms. The Morgan fingerprint density at radius 3 is 2.07 bits per heavy atom. The molecular formula is C33H39BrN2O5. The fraction of sp³-hybridized carbons (Fsp3) is 0.485. The molecule has 1 saturated carbocycles. The first-order chi connectivity index (χ1) is 19.3. The number of aliphatic hydroxyl groups excluding tert-OH is 1. The second kappa shape index (κ2) is 10.4. The van der Waals surface area contributed by atoms with E-state index in [0.29, 0.717) is 19.4 Å². The van der Waals surface area contributed by atoms with Crippen LogP contribution in [0.25, 0.3) is 11.1 Å². The van der Waals surface area contributed by atoms with Gasteiger partial charge in [0.05, 0.1) is 12.0 Å². The van der Waals surface area contributed by atoms with Crippen molar-refractivity contribution >= 4 is 45.0 Å². The van der Waals surface area contributed by atoms with Gasteiger partial charge in [0, 0.05) is 23.9 Å². The van der Waals surface area contributed by atoms with Crippen molar-refractivity contribution < 1.29 is 24.2 Å². The van der Waals surface area contributed by atoms with Crippen molar-refractivity contribution in [2.45, 2.75) is 69.9 Å². The fourth-order valence-electron chi connectivity index (χ4n) is 7.42. The number of ether oxygens (including phenoxy) is 1. The standard InChI is InChI=1S/C33H39BrN2O5/c1-30(2,3)41-29(40)35-19-13-8-14-20-36-26(37)25-31(4)23(21-15-9-6-10-16-21)24(22-17-11-7-12-18-22)32(5,27(31)38)33(25,34)28(36)39/h6-7,9-12,15-18,25,27,38H,8,13-14,19-20H2,1-5H3,(H,35,40). The number of likely N-dealkylation sites (tertiary alicyclic amines) is 1. The average Bonchev–Trinajstić information content (AvgIpc) is 3.30. The summed E-state index contributed by atoms with van der Waals surface area (Å²) in [4.78, 5) is 41.6. The minimum absolute atomic E-state index is 0.246. The Bertz CT molecular complexity index is 1390. The Morgan fingerprint density at radius 2 is 1.51 bits per heavy atom. The van der Waals surface area contributed by atoms with Crippen molar-refractivity contribution in [3.63, 3.8) is 0 Å². The van der Waals surface area contributed by atoms with Crippen LogP contribution in [0.2, 0.25) is 0 Å². The molecule has 2 bridgehead atoms. The van der Waals surface area contributed by atoms with Crippen LogP contribution in [0.15, 0.2) is 60.7 Å². The number of alkyl halides is 1. The van der Waals surface area contributed by atoms with Gasteiger partial charge in [-0.2, -0.15) is 0 Å². The lowest BCUT2D eigenvalue weighted by molar-refractivity contribution is -0.142. The second-order valence-corrected chi connectivity index (χ2v) is 14.0. The van der Waals surface area contributed by atoms with Gasteiger partial charge in [0.15, 0.2) is 0 Å². The Labute approximate surface area is 250 Å². The van der Waals surface area contributed by atoms with Crippen LogP contribution in [0, 0.1) is 16.7 Å². The topological polar surface area (TPSA) is 95.9 Å². The molecule has 2 aromatic carbocycles. The molecule has 2 N–H and O–H groups in total. The van der Waals surface area contributed by atoms with Crippen LogP contribution in [0.1, 0.15) is 65.0 Å². The van der Waals surface area contributed by atoms with Crippen LogP contribution in [0.4, 0.5) is 4.79 Å². The maximum atomic E-state index is 14.2. The maximum Gasteiger partial charge on any atom is 0.407 e. The number of aliphatic hydroxyl groups is 1. The fourth-order valence-corrected chi connectivity index (χ4v) is 8.72. The summed E-state index contributed by atoms with van der Waals surface area (Å²) in [7, 11) is 0. The van der Waals surface area contributed by atoms with E-state index in [9.17, 15) is 19.5 Å². The van der Waals surface area contributed by atoms with Gasteiger partial charge >= 0.3 is 6.09 Å². The van der Waals surface area contributed by atoms with Crippen molar-refractivity contribution in [2.24, 2.45) is 16.7 Å². The van der Waals surface area contributed by atoms with Crippen molar-refractivity contribution in [1.29, 1.82) is 0 Å². The molecule has 0 radical (unpaired) electrons. The molecule has 7 nitrogen and oxygen atoms in total. The highest BCUT2D eigenvalue weighted by atomic mass is 79.9. The number of nitrogens with one attached hydrogen (secondary N) is 1. The molecule has 2 aliphatic carbocycles. The third kappa shape index (κ3) is 4.36. The van der Waals surface area contributed by atoms with Crippen LogP contribution < -0.4 is 5.32 Å². The smallest absolute Gasteiger partial charge is 0.407 e. The number of imide groups is 1. The molecule has 218 valence electrons. The molecule has 1 heterocycles. The lowest BCUT2D eigenvalue weighted by Gasteiger charge is -2.42. The zero-order valence-corrected chi connectivity index (χ0v) is 26.0. The molecule has 5 rings (SSSR count). The van der Waals surface area contributed by atoms with E-state index in [-0.39, 0.29) is 18.4 Å². The molecule has 0 aromatic heterocycles. The quantitative estimate of drug-likeness (QED) is 0.220. The number of alkyl carbamates (subject to hydrolysis) is 1. The predicted octanol–water partition coefficient (Wildman–Crippen LogP) is 5.81. The molecule has 3 amide bonds. The summed E-state index contributed by atoms with van der Waals surface area (Å²) in [5.74, 6) is -1.28. The number of hydrogen-bond acceptors (Lipinski definition) is 5. The molecule has 8 heteroatoms. The number of benzene rings is 2. The Balaban J connectivity index is 1.41. The zero-order chi connectivity index (χ0) is 29.8. The van der Waals surface area contributed by atoms with E-state index in [1.54, 1.807) is 0 Å². The van der Waals surface area contributed by atoms with E-state index in [1.165, 1.54) is 4.90 Å². The Morgan fingerprint density at radius 1 is 0.951 bits per heavy atom. The summed E-state index contributed by atoms with van der Waals surface area (Å²) in [6, 6.07) is 19.8. The van der Waals surface area contributed by atoms with Gasteiger partial charge in [-0.25, -0.2) is 4.79 Å². The highest BCUT2D eigenvalue weighted by Gasteiger charge is 2.85. The molecule has 1 aliphatic heterocycles. The van der Waals surface area contributed by atoms with Crippen LogP contribution in [0.3, 0.4) is 0 Å². The molecule has 3 aliphatic rings. The number of nitrogens with zero attached hydrogens (tertiary/aromatic N) is 1. The van der Waals surface area contributed by atoms with Gasteiger partial charge in [-0.05, 0) is 62.3 Å². The number of halogens is 1. The number of carbonyl (C=O) groups is 3. The van der Waals surface area contributed by atoms with Crippen LogP contribution >= 0.6 is 15.9 Å². The Hall–Kier alpha value is -2.97. The number of unbranched alkanes of at least 4 members (excludes halogenated alkanes) is 2. The molecule has 2 fully saturated rings. The monoisotopic (exact) mass is 622 g/mol. The minimum atomic E-state index is -1.27. The third-order valence-electron chi connectivity index (χ3n) is 9.10. The van der Waals surface area contributed by atoms with Gasteiger partial charge in [-0.3, -0.25) is 14.5 Å². The van der Waals surface area contributed by atoms with Gasteiger partial charge in [0.2, 0.25) is 11.8 Å². The summed E-state index contributed by atoms with van der Waals surface area (Å²) in [6.45, 7) is 10.1. The van der Waals surface area contributed by atoms with Gasteiger partial charge < -0.3 is 15.2 Å². The summed E-state index contributed by atoms with van der Waals surface area (Å²) in [5.41, 5.74) is 1.13. The molecule has 2 aromatic rings. The van der Waals surface area contributed by atoms with E-state index in [0.717, 1.165) is 28.7 Å². The van der Waals surface area contributed by atoms with Gasteiger partial charge in [0.25, 0.3) is 0 Å². The van der Waals surface area contributed by atoms with Crippen LogP contribution in [0.5, 0.6) is 0 Å². The van der Waals surface area contributed by atoms with Gasteiger partial charge in [-0.15, -0.1) is 0 Å². The molecule has 1 saturated heterocycles. The number of carbonyl (C=O) groups excluding carboxylic acids is 3. The lowest BCUT2D eigenvalue weighted by atomic mass is 9.63. The predicted molar refractivity (Wildman–Crippen MR) is 162 cm³/mol. The number of hydrogen-bond donors (Lipinski definition) is 2. The van der Waals surface area contributed by atoms with Crippen molar-refractivity contribution in [3.05, 3.63) is 71.8 Å². The number of fused-ring (bicyclic) bond motifs is 5. The van der Waals surface area contributed by atoms with E-state index in [4.69, 9.17) is 4.74 Å². The van der Waals surface area contributed by atoms with E-state index >= 15 is 0 Å². The number of amides is 3. The zero-order valence-electron chi connectivity index (χ0n) is 24.4. The highest BCUT2D eigenvalue weighted by Crippen LogP contribution is 2.79. The maximum absolute atomic E-state index is 14.2. The summed E-state index contributed by atoms with van der Waals surface area (Å²) in [5, 5.41) is 14.8. The third-order valence-corrected chi connectivity index (χ3v) is 10.7. The Kier molecular flexibility index (Phi) is 7.48. The lowest BCUT2D eigenvalue weighted by Crippen LogP contribution is -2.51. The minimum Gasteiger partial charge on any atom is -0.444 e. The van der Waals surface area contributed by atoms with Gasteiger partial charge in [0.1, 0.15) is 9.93 Å². The van der Waals surface area contributed by atoms with Crippen molar-refractivity contribution in [3.8, 4) is 0 Å². The average molecular weight is 624 g/mol. The summed E-state index contributed by atoms with van der Waals surface area (Å²) in [6.07, 6.45) is 0.641. The molecule has 5 atom stereocenters. The highest BCUT2D eigenvalue weighted by molar-refractivity contribution is 9.10. The molecule has 5 unspecified atom stereocenters. The van der Waals surface area contributed by atoms with E-state index in [1.807, 2.05) is 95.3 Å². The first kappa shape index (κ1) is 29.5.